The zero-order valence-electron chi connectivity index (χ0n) is 11.1. The Balaban J connectivity index is 3.01. The molecule has 100 valence electrons. The predicted octanol–water partition coefficient (Wildman–Crippen LogP) is -0.137. The molecule has 0 bridgehead atoms. The second-order valence-electron chi connectivity index (χ2n) is 4.16. The Kier molecular flexibility index (Phi) is 5.10. The summed E-state index contributed by atoms with van der Waals surface area (Å²) < 4.78 is 0. The van der Waals surface area contributed by atoms with Crippen LogP contribution < -0.4 is 11.5 Å². The summed E-state index contributed by atoms with van der Waals surface area (Å²) in [6.45, 7) is 2.05. The maximum absolute atomic E-state index is 12.1. The lowest BCUT2D eigenvalue weighted by Crippen LogP contribution is -2.35. The summed E-state index contributed by atoms with van der Waals surface area (Å²) in [6.07, 6.45) is 0. The molecule has 0 saturated carbocycles. The number of rotatable bonds is 3. The molecule has 1 rings (SSSR count). The molecular weight excluding hydrogens is 242 g/mol. The minimum atomic E-state index is -0.550. The van der Waals surface area contributed by atoms with Gasteiger partial charge in [0.05, 0.1) is 13.1 Å². The largest absolute Gasteiger partial charge is 0.368 e. The average Bonchev–Trinajstić information content (AvgIpc) is 2.36. The van der Waals surface area contributed by atoms with E-state index in [1.165, 1.54) is 11.9 Å². The second-order valence-corrected chi connectivity index (χ2v) is 4.16. The zero-order chi connectivity index (χ0) is 14.4. The van der Waals surface area contributed by atoms with Crippen molar-refractivity contribution in [3.05, 3.63) is 34.9 Å². The second kappa shape index (κ2) is 6.57. The van der Waals surface area contributed by atoms with Crippen LogP contribution in [-0.4, -0.2) is 36.9 Å². The zero-order valence-corrected chi connectivity index (χ0v) is 11.1. The van der Waals surface area contributed by atoms with Gasteiger partial charge in [0.15, 0.2) is 0 Å². The van der Waals surface area contributed by atoms with E-state index >= 15 is 0 Å². The maximum Gasteiger partial charge on any atom is 0.254 e. The van der Waals surface area contributed by atoms with E-state index in [4.69, 9.17) is 11.5 Å². The van der Waals surface area contributed by atoms with Crippen molar-refractivity contribution in [3.8, 4) is 11.8 Å². The van der Waals surface area contributed by atoms with Crippen LogP contribution in [0.3, 0.4) is 0 Å². The molecule has 5 nitrogen and oxygen atoms in total. The van der Waals surface area contributed by atoms with Crippen molar-refractivity contribution in [1.29, 1.82) is 0 Å². The number of hydrogen-bond acceptors (Lipinski definition) is 3. The lowest BCUT2D eigenvalue weighted by molar-refractivity contribution is -0.118. The molecule has 0 heterocycles. The SMILES string of the molecule is Cc1ccc(C(=O)N(C)CC(N)=O)cc1C#CCN. The predicted molar refractivity (Wildman–Crippen MR) is 73.3 cm³/mol. The van der Waals surface area contributed by atoms with Gasteiger partial charge in [-0.25, -0.2) is 0 Å². The van der Waals surface area contributed by atoms with Gasteiger partial charge in [-0.15, -0.1) is 0 Å². The van der Waals surface area contributed by atoms with Crippen molar-refractivity contribution in [3.63, 3.8) is 0 Å². The molecule has 0 spiro atoms. The smallest absolute Gasteiger partial charge is 0.254 e. The fourth-order valence-corrected chi connectivity index (χ4v) is 1.56. The lowest BCUT2D eigenvalue weighted by atomic mass is 10.0. The molecule has 0 fully saturated rings. The molecule has 1 aromatic carbocycles. The van der Waals surface area contributed by atoms with Gasteiger partial charge in [-0.3, -0.25) is 9.59 Å². The van der Waals surface area contributed by atoms with Crippen LogP contribution in [0.1, 0.15) is 21.5 Å². The number of benzene rings is 1. The molecule has 0 unspecified atom stereocenters. The molecule has 0 aliphatic heterocycles. The van der Waals surface area contributed by atoms with Gasteiger partial charge in [-0.2, -0.15) is 0 Å². The summed E-state index contributed by atoms with van der Waals surface area (Å²) in [5.41, 5.74) is 12.6. The van der Waals surface area contributed by atoms with Crippen LogP contribution in [0.15, 0.2) is 18.2 Å². The highest BCUT2D eigenvalue weighted by molar-refractivity contribution is 5.96. The van der Waals surface area contributed by atoms with E-state index in [2.05, 4.69) is 11.8 Å². The summed E-state index contributed by atoms with van der Waals surface area (Å²) in [6, 6.07) is 5.20. The molecule has 4 N–H and O–H groups in total. The van der Waals surface area contributed by atoms with Crippen LogP contribution in [0.2, 0.25) is 0 Å². The van der Waals surface area contributed by atoms with Crippen LogP contribution in [0, 0.1) is 18.8 Å². The van der Waals surface area contributed by atoms with Crippen LogP contribution in [-0.2, 0) is 4.79 Å². The van der Waals surface area contributed by atoms with E-state index in [0.29, 0.717) is 5.56 Å². The average molecular weight is 259 g/mol. The van der Waals surface area contributed by atoms with Crippen molar-refractivity contribution in [2.75, 3.05) is 20.1 Å². The van der Waals surface area contributed by atoms with Gasteiger partial charge in [0.2, 0.25) is 5.91 Å². The number of nitrogens with two attached hydrogens (primary N) is 2. The van der Waals surface area contributed by atoms with Crippen molar-refractivity contribution in [1.82, 2.24) is 4.90 Å². The number of aryl methyl sites for hydroxylation is 1. The van der Waals surface area contributed by atoms with Gasteiger partial charge in [0.25, 0.3) is 5.91 Å². The molecule has 0 aliphatic rings. The molecule has 0 saturated heterocycles. The number of primary amides is 1. The van der Waals surface area contributed by atoms with E-state index in [9.17, 15) is 9.59 Å². The Morgan fingerprint density at radius 1 is 1.37 bits per heavy atom. The topological polar surface area (TPSA) is 89.4 Å². The van der Waals surface area contributed by atoms with Gasteiger partial charge >= 0.3 is 0 Å². The molecule has 0 atom stereocenters. The molecule has 19 heavy (non-hydrogen) atoms. The first-order valence-electron chi connectivity index (χ1n) is 5.79. The fourth-order valence-electron chi connectivity index (χ4n) is 1.56. The first-order valence-corrected chi connectivity index (χ1v) is 5.79. The van der Waals surface area contributed by atoms with E-state index in [0.717, 1.165) is 11.1 Å². The Morgan fingerprint density at radius 3 is 2.63 bits per heavy atom. The van der Waals surface area contributed by atoms with Crippen LogP contribution in [0.4, 0.5) is 0 Å². The highest BCUT2D eigenvalue weighted by Gasteiger charge is 2.14. The van der Waals surface area contributed by atoms with Crippen molar-refractivity contribution < 1.29 is 9.59 Å². The van der Waals surface area contributed by atoms with E-state index in [1.54, 1.807) is 12.1 Å². The summed E-state index contributed by atoms with van der Waals surface area (Å²) in [5, 5.41) is 0. The molecule has 0 aliphatic carbocycles. The van der Waals surface area contributed by atoms with Crippen molar-refractivity contribution in [2.45, 2.75) is 6.92 Å². The summed E-state index contributed by atoms with van der Waals surface area (Å²) in [5.74, 6) is 4.84. The fraction of sp³-hybridized carbons (Fsp3) is 0.286. The maximum atomic E-state index is 12.1. The van der Waals surface area contributed by atoms with Crippen LogP contribution in [0.25, 0.3) is 0 Å². The standard InChI is InChI=1S/C14H17N3O2/c1-10-5-6-12(8-11(10)4-3-7-15)14(19)17(2)9-13(16)18/h5-6,8H,7,9,15H2,1-2H3,(H2,16,18). The molecule has 0 radical (unpaired) electrons. The van der Waals surface area contributed by atoms with Crippen molar-refractivity contribution >= 4 is 11.8 Å². The van der Waals surface area contributed by atoms with E-state index in [-0.39, 0.29) is 19.0 Å². The Hall–Kier alpha value is -2.32. The normalized spacial score (nSPS) is 9.42. The molecule has 5 heteroatoms. The Bertz CT molecular complexity index is 556. The first kappa shape index (κ1) is 14.7. The summed E-state index contributed by atoms with van der Waals surface area (Å²) in [7, 11) is 1.53. The van der Waals surface area contributed by atoms with Gasteiger partial charge in [-0.05, 0) is 24.6 Å². The van der Waals surface area contributed by atoms with E-state index in [1.807, 2.05) is 13.0 Å². The third kappa shape index (κ3) is 4.12. The van der Waals surface area contributed by atoms with Crippen LogP contribution >= 0.6 is 0 Å². The molecule has 0 aromatic heterocycles. The number of amides is 2. The number of nitrogens with zero attached hydrogens (tertiary/aromatic N) is 1. The first-order chi connectivity index (χ1) is 8.95. The van der Waals surface area contributed by atoms with Gasteiger partial charge in [0, 0.05) is 18.2 Å². The molecule has 1 aromatic rings. The minimum absolute atomic E-state index is 0.115. The number of hydrogen-bond donors (Lipinski definition) is 2. The number of carbonyl (C=O) groups is 2. The molecular formula is C14H17N3O2. The Labute approximate surface area is 112 Å². The molecule has 2 amide bonds. The third-order valence-corrected chi connectivity index (χ3v) is 2.55. The van der Waals surface area contributed by atoms with Gasteiger partial charge < -0.3 is 16.4 Å². The van der Waals surface area contributed by atoms with E-state index < -0.39 is 5.91 Å². The number of carbonyl (C=O) groups excluding carboxylic acids is 2. The third-order valence-electron chi connectivity index (χ3n) is 2.55. The summed E-state index contributed by atoms with van der Waals surface area (Å²) >= 11 is 0. The Morgan fingerprint density at radius 2 is 2.05 bits per heavy atom. The monoisotopic (exact) mass is 259 g/mol. The lowest BCUT2D eigenvalue weighted by Gasteiger charge is -2.15. The van der Waals surface area contributed by atoms with Gasteiger partial charge in [-0.1, -0.05) is 17.9 Å². The minimum Gasteiger partial charge on any atom is -0.368 e. The highest BCUT2D eigenvalue weighted by Crippen LogP contribution is 2.11. The van der Waals surface area contributed by atoms with Crippen molar-refractivity contribution in [2.24, 2.45) is 11.5 Å². The summed E-state index contributed by atoms with van der Waals surface area (Å²) in [4.78, 5) is 24.1. The number of likely N-dealkylation sites (N-methyl/N-ethyl adjacent to an activating group) is 1. The highest BCUT2D eigenvalue weighted by atomic mass is 16.2. The van der Waals surface area contributed by atoms with Crippen LogP contribution in [0.5, 0.6) is 0 Å². The van der Waals surface area contributed by atoms with Gasteiger partial charge in [0.1, 0.15) is 0 Å². The quantitative estimate of drug-likeness (QED) is 0.740.